The molecule has 1 aromatic rings. The van der Waals surface area contributed by atoms with Crippen molar-refractivity contribution < 1.29 is 32.6 Å². The minimum absolute atomic E-state index is 0.197. The summed E-state index contributed by atoms with van der Waals surface area (Å²) in [5, 5.41) is 0. The minimum atomic E-state index is -3.58. The van der Waals surface area contributed by atoms with Gasteiger partial charge in [0.1, 0.15) is 0 Å². The molecule has 1 aromatic carbocycles. The van der Waals surface area contributed by atoms with Crippen LogP contribution in [0, 0.1) is 0 Å². The molecule has 0 radical (unpaired) electrons. The second kappa shape index (κ2) is 12.0. The van der Waals surface area contributed by atoms with Crippen molar-refractivity contribution >= 4 is 13.6 Å². The van der Waals surface area contributed by atoms with Gasteiger partial charge in [0.25, 0.3) is 0 Å². The molecular formula is C19H31O7P. The molecule has 0 fully saturated rings. The van der Waals surface area contributed by atoms with Gasteiger partial charge >= 0.3 is 13.6 Å². The van der Waals surface area contributed by atoms with Gasteiger partial charge in [-0.25, -0.2) is 0 Å². The van der Waals surface area contributed by atoms with Crippen LogP contribution in [0.1, 0.15) is 39.2 Å². The molecule has 0 aromatic heterocycles. The Kier molecular flexibility index (Phi) is 10.4. The number of esters is 1. The highest BCUT2D eigenvalue weighted by Gasteiger charge is 2.41. The van der Waals surface area contributed by atoms with Crippen LogP contribution in [0.3, 0.4) is 0 Å². The van der Waals surface area contributed by atoms with Crippen molar-refractivity contribution in [3.8, 4) is 11.5 Å². The molecule has 1 rings (SSSR count). The fraction of sp³-hybridized carbons (Fsp3) is 0.632. The third-order valence-electron chi connectivity index (χ3n) is 3.95. The standard InChI is InChI=1S/C19H31O7P/c1-6-24-19(20)18(27(21,25-7-2)26-8-3)11-9-10-15-12-13-16(22-4)17(14-15)23-5/h12-14,18H,6-11H2,1-5H3. The summed E-state index contributed by atoms with van der Waals surface area (Å²) >= 11 is 0. The van der Waals surface area contributed by atoms with Crippen LogP contribution in [0.5, 0.6) is 11.5 Å². The maximum Gasteiger partial charge on any atom is 0.344 e. The zero-order valence-corrected chi connectivity index (χ0v) is 17.8. The second-order valence-electron chi connectivity index (χ2n) is 5.72. The minimum Gasteiger partial charge on any atom is -0.493 e. The molecule has 0 spiro atoms. The summed E-state index contributed by atoms with van der Waals surface area (Å²) in [5.74, 6) is 0.754. The van der Waals surface area contributed by atoms with Gasteiger partial charge in [-0.05, 0) is 57.7 Å². The lowest BCUT2D eigenvalue weighted by atomic mass is 10.1. The van der Waals surface area contributed by atoms with Gasteiger partial charge in [-0.2, -0.15) is 0 Å². The van der Waals surface area contributed by atoms with Crippen molar-refractivity contribution in [2.24, 2.45) is 0 Å². The Morgan fingerprint density at radius 2 is 1.63 bits per heavy atom. The summed E-state index contributed by atoms with van der Waals surface area (Å²) in [7, 11) is -0.418. The predicted octanol–water partition coefficient (Wildman–Crippen LogP) is 4.22. The van der Waals surface area contributed by atoms with Crippen LogP contribution in [0.4, 0.5) is 0 Å². The third-order valence-corrected chi connectivity index (χ3v) is 6.42. The Balaban J connectivity index is 2.87. The van der Waals surface area contributed by atoms with Crippen LogP contribution in [-0.2, 0) is 29.6 Å². The Labute approximate surface area is 161 Å². The molecule has 1 atom stereocenters. The van der Waals surface area contributed by atoms with E-state index in [2.05, 4.69) is 0 Å². The number of ether oxygens (including phenoxy) is 3. The number of carbonyl (C=O) groups is 1. The molecule has 27 heavy (non-hydrogen) atoms. The first-order valence-electron chi connectivity index (χ1n) is 9.21. The molecule has 0 heterocycles. The molecule has 0 aliphatic rings. The number of aryl methyl sites for hydroxylation is 1. The summed E-state index contributed by atoms with van der Waals surface area (Å²) in [6.07, 6.45) is 1.63. The normalized spacial score (nSPS) is 12.5. The summed E-state index contributed by atoms with van der Waals surface area (Å²) in [6, 6.07) is 5.66. The van der Waals surface area contributed by atoms with E-state index >= 15 is 0 Å². The lowest BCUT2D eigenvalue weighted by Crippen LogP contribution is -2.26. The molecule has 0 N–H and O–H groups in total. The van der Waals surface area contributed by atoms with Crippen LogP contribution in [0.15, 0.2) is 18.2 Å². The van der Waals surface area contributed by atoms with Crippen molar-refractivity contribution in [3.63, 3.8) is 0 Å². The number of benzene rings is 1. The van der Waals surface area contributed by atoms with Crippen LogP contribution in [0.25, 0.3) is 0 Å². The highest BCUT2D eigenvalue weighted by Crippen LogP contribution is 2.55. The van der Waals surface area contributed by atoms with Gasteiger partial charge in [0.15, 0.2) is 17.2 Å². The number of hydrogen-bond donors (Lipinski definition) is 0. The van der Waals surface area contributed by atoms with Crippen molar-refractivity contribution in [1.29, 1.82) is 0 Å². The molecule has 0 saturated heterocycles. The van der Waals surface area contributed by atoms with E-state index in [1.54, 1.807) is 35.0 Å². The van der Waals surface area contributed by atoms with E-state index in [-0.39, 0.29) is 19.8 Å². The average molecular weight is 402 g/mol. The molecular weight excluding hydrogens is 371 g/mol. The van der Waals surface area contributed by atoms with Crippen LogP contribution < -0.4 is 9.47 Å². The van der Waals surface area contributed by atoms with Gasteiger partial charge in [-0.3, -0.25) is 9.36 Å². The zero-order chi connectivity index (χ0) is 20.3. The van der Waals surface area contributed by atoms with Crippen molar-refractivity contribution in [1.82, 2.24) is 0 Å². The Morgan fingerprint density at radius 1 is 1.00 bits per heavy atom. The number of rotatable bonds is 13. The van der Waals surface area contributed by atoms with E-state index in [9.17, 15) is 9.36 Å². The highest BCUT2D eigenvalue weighted by atomic mass is 31.2. The van der Waals surface area contributed by atoms with E-state index in [4.69, 9.17) is 23.3 Å². The van der Waals surface area contributed by atoms with Gasteiger partial charge in [0.05, 0.1) is 34.0 Å². The molecule has 0 saturated carbocycles. The maximum atomic E-state index is 13.1. The molecule has 0 amide bonds. The first-order valence-corrected chi connectivity index (χ1v) is 10.8. The van der Waals surface area contributed by atoms with E-state index < -0.39 is 19.2 Å². The van der Waals surface area contributed by atoms with Gasteiger partial charge in [-0.15, -0.1) is 0 Å². The Morgan fingerprint density at radius 3 is 2.15 bits per heavy atom. The SMILES string of the molecule is CCOC(=O)C(CCCc1ccc(OC)c(OC)c1)P(=O)(OCC)OCC. The van der Waals surface area contributed by atoms with Gasteiger partial charge in [0.2, 0.25) is 0 Å². The summed E-state index contributed by atoms with van der Waals surface area (Å²) < 4.78 is 39.5. The highest BCUT2D eigenvalue weighted by molar-refractivity contribution is 7.55. The Hall–Kier alpha value is -1.56. The number of carbonyl (C=O) groups excluding carboxylic acids is 1. The quantitative estimate of drug-likeness (QED) is 0.361. The topological polar surface area (TPSA) is 80.3 Å². The van der Waals surface area contributed by atoms with E-state index in [1.807, 2.05) is 18.2 Å². The Bertz CT molecular complexity index is 622. The lowest BCUT2D eigenvalue weighted by Gasteiger charge is -2.24. The average Bonchev–Trinajstić information content (AvgIpc) is 2.65. The third kappa shape index (κ3) is 6.83. The smallest absolute Gasteiger partial charge is 0.344 e. The molecule has 8 heteroatoms. The predicted molar refractivity (Wildman–Crippen MR) is 104 cm³/mol. The van der Waals surface area contributed by atoms with Crippen molar-refractivity contribution in [3.05, 3.63) is 23.8 Å². The first kappa shape index (κ1) is 23.5. The van der Waals surface area contributed by atoms with Gasteiger partial charge in [-0.1, -0.05) is 6.07 Å². The van der Waals surface area contributed by atoms with Crippen molar-refractivity contribution in [2.75, 3.05) is 34.0 Å². The van der Waals surface area contributed by atoms with E-state index in [0.717, 1.165) is 5.56 Å². The largest absolute Gasteiger partial charge is 0.493 e. The molecule has 1 unspecified atom stereocenters. The second-order valence-corrected chi connectivity index (χ2v) is 7.94. The molecule has 154 valence electrons. The van der Waals surface area contributed by atoms with Crippen LogP contribution in [-0.4, -0.2) is 45.7 Å². The molecule has 0 aliphatic heterocycles. The van der Waals surface area contributed by atoms with Crippen molar-refractivity contribution in [2.45, 2.75) is 45.7 Å². The first-order chi connectivity index (χ1) is 12.9. The molecule has 7 nitrogen and oxygen atoms in total. The van der Waals surface area contributed by atoms with Crippen LogP contribution >= 0.6 is 7.60 Å². The lowest BCUT2D eigenvalue weighted by molar-refractivity contribution is -0.143. The number of hydrogen-bond acceptors (Lipinski definition) is 7. The van der Waals surface area contributed by atoms with E-state index in [0.29, 0.717) is 30.8 Å². The summed E-state index contributed by atoms with van der Waals surface area (Å²) in [6.45, 7) is 5.76. The summed E-state index contributed by atoms with van der Waals surface area (Å²) in [4.78, 5) is 12.4. The fourth-order valence-electron chi connectivity index (χ4n) is 2.76. The monoisotopic (exact) mass is 402 g/mol. The maximum absolute atomic E-state index is 13.1. The molecule has 0 aliphatic carbocycles. The molecule has 0 bridgehead atoms. The van der Waals surface area contributed by atoms with Gasteiger partial charge < -0.3 is 23.3 Å². The number of methoxy groups -OCH3 is 2. The summed E-state index contributed by atoms with van der Waals surface area (Å²) in [5.41, 5.74) is 0.0930. The van der Waals surface area contributed by atoms with Gasteiger partial charge in [0, 0.05) is 0 Å². The fourth-order valence-corrected chi connectivity index (χ4v) is 4.74. The van der Waals surface area contributed by atoms with Crippen LogP contribution in [0.2, 0.25) is 0 Å². The zero-order valence-electron chi connectivity index (χ0n) is 16.9. The van der Waals surface area contributed by atoms with E-state index in [1.165, 1.54) is 0 Å².